The van der Waals surface area contributed by atoms with Crippen molar-refractivity contribution in [1.82, 2.24) is 14.8 Å². The maximum absolute atomic E-state index is 11.6. The maximum atomic E-state index is 11.6. The zero-order valence-corrected chi connectivity index (χ0v) is 12.4. The van der Waals surface area contributed by atoms with E-state index in [1.807, 2.05) is 30.8 Å². The van der Waals surface area contributed by atoms with E-state index in [-0.39, 0.29) is 5.97 Å². The van der Waals surface area contributed by atoms with E-state index < -0.39 is 0 Å². The van der Waals surface area contributed by atoms with Gasteiger partial charge in [0.05, 0.1) is 18.0 Å². The van der Waals surface area contributed by atoms with E-state index in [1.165, 1.54) is 11.3 Å². The summed E-state index contributed by atoms with van der Waals surface area (Å²) in [7, 11) is 0. The first kappa shape index (κ1) is 13.7. The summed E-state index contributed by atoms with van der Waals surface area (Å²) in [6.07, 6.45) is 0. The number of rotatable bonds is 4. The minimum atomic E-state index is -0.364. The van der Waals surface area contributed by atoms with Crippen LogP contribution in [0.5, 0.6) is 0 Å². The first-order valence-electron chi connectivity index (χ1n) is 6.25. The molecule has 0 fully saturated rings. The summed E-state index contributed by atoms with van der Waals surface area (Å²) in [6, 6.07) is 0. The van der Waals surface area contributed by atoms with Crippen LogP contribution in [0.15, 0.2) is 5.38 Å². The zero-order valence-electron chi connectivity index (χ0n) is 11.6. The fourth-order valence-corrected chi connectivity index (χ4v) is 2.75. The van der Waals surface area contributed by atoms with Crippen molar-refractivity contribution in [3.63, 3.8) is 0 Å². The van der Waals surface area contributed by atoms with Gasteiger partial charge < -0.3 is 4.74 Å². The lowest BCUT2D eigenvalue weighted by molar-refractivity contribution is 0.0526. The van der Waals surface area contributed by atoms with Gasteiger partial charge in [-0.1, -0.05) is 0 Å². The Kier molecular flexibility index (Phi) is 3.99. The molecule has 0 aromatic carbocycles. The van der Waals surface area contributed by atoms with Gasteiger partial charge in [0.1, 0.15) is 0 Å². The summed E-state index contributed by atoms with van der Waals surface area (Å²) in [5.41, 5.74) is 3.80. The molecule has 0 saturated carbocycles. The van der Waals surface area contributed by atoms with Crippen LogP contribution in [0.1, 0.15) is 35.0 Å². The molecule has 6 heteroatoms. The second kappa shape index (κ2) is 5.52. The number of aryl methyl sites for hydroxylation is 2. The van der Waals surface area contributed by atoms with Crippen LogP contribution >= 0.6 is 11.3 Å². The van der Waals surface area contributed by atoms with E-state index >= 15 is 0 Å². The quantitative estimate of drug-likeness (QED) is 0.807. The van der Waals surface area contributed by atoms with Crippen LogP contribution in [0.2, 0.25) is 0 Å². The molecule has 0 aliphatic rings. The van der Waals surface area contributed by atoms with Crippen molar-refractivity contribution in [2.24, 2.45) is 0 Å². The van der Waals surface area contributed by atoms with E-state index in [0.29, 0.717) is 11.6 Å². The van der Waals surface area contributed by atoms with E-state index in [1.54, 1.807) is 6.92 Å². The fraction of sp³-hybridized carbons (Fsp3) is 0.462. The molecule has 2 rings (SSSR count). The molecule has 0 radical (unpaired) electrons. The highest BCUT2D eigenvalue weighted by Crippen LogP contribution is 2.28. The van der Waals surface area contributed by atoms with Crippen LogP contribution in [-0.4, -0.2) is 27.3 Å². The third-order valence-electron chi connectivity index (χ3n) is 2.89. The van der Waals surface area contributed by atoms with Crippen molar-refractivity contribution in [3.05, 3.63) is 21.8 Å². The summed E-state index contributed by atoms with van der Waals surface area (Å²) in [4.78, 5) is 16.0. The maximum Gasteiger partial charge on any atom is 0.367 e. The van der Waals surface area contributed by atoms with Gasteiger partial charge in [-0.25, -0.2) is 9.78 Å². The molecule has 0 atom stereocenters. The predicted molar refractivity (Wildman–Crippen MR) is 74.4 cm³/mol. The summed E-state index contributed by atoms with van der Waals surface area (Å²) in [5.74, 6) is -0.364. The summed E-state index contributed by atoms with van der Waals surface area (Å²) < 4.78 is 6.89. The summed E-state index contributed by atoms with van der Waals surface area (Å²) >= 11 is 1.30. The molecule has 0 spiro atoms. The SMILES string of the molecule is CCOC(=O)c1nc(-c2c(C)nn(CC)c2C)cs1. The van der Waals surface area contributed by atoms with Gasteiger partial charge in [-0.2, -0.15) is 5.10 Å². The van der Waals surface area contributed by atoms with Crippen molar-refractivity contribution < 1.29 is 9.53 Å². The number of carbonyl (C=O) groups excluding carboxylic acids is 1. The van der Waals surface area contributed by atoms with Crippen molar-refractivity contribution >= 4 is 17.3 Å². The van der Waals surface area contributed by atoms with Gasteiger partial charge in [0, 0.05) is 23.2 Å². The van der Waals surface area contributed by atoms with Crippen LogP contribution in [0.25, 0.3) is 11.3 Å². The van der Waals surface area contributed by atoms with Crippen LogP contribution < -0.4 is 0 Å². The Bertz CT molecular complexity index is 601. The van der Waals surface area contributed by atoms with Gasteiger partial charge in [-0.3, -0.25) is 4.68 Å². The molecular weight excluding hydrogens is 262 g/mol. The molecular formula is C13H17N3O2S. The Hall–Kier alpha value is -1.69. The Morgan fingerprint density at radius 3 is 2.74 bits per heavy atom. The third-order valence-corrected chi connectivity index (χ3v) is 3.71. The zero-order chi connectivity index (χ0) is 14.0. The molecule has 2 aromatic rings. The van der Waals surface area contributed by atoms with Crippen LogP contribution in [0, 0.1) is 13.8 Å². The fourth-order valence-electron chi connectivity index (χ4n) is 2.05. The number of hydrogen-bond acceptors (Lipinski definition) is 5. The average Bonchev–Trinajstić information content (AvgIpc) is 2.94. The first-order chi connectivity index (χ1) is 9.08. The largest absolute Gasteiger partial charge is 0.461 e. The molecule has 102 valence electrons. The molecule has 19 heavy (non-hydrogen) atoms. The molecule has 2 heterocycles. The highest BCUT2D eigenvalue weighted by Gasteiger charge is 2.18. The topological polar surface area (TPSA) is 57.0 Å². The first-order valence-corrected chi connectivity index (χ1v) is 7.13. The molecule has 5 nitrogen and oxygen atoms in total. The second-order valence-corrected chi connectivity index (χ2v) is 4.98. The molecule has 0 bridgehead atoms. The molecule has 0 saturated heterocycles. The lowest BCUT2D eigenvalue weighted by atomic mass is 10.1. The number of thiazole rings is 1. The van der Waals surface area contributed by atoms with Gasteiger partial charge >= 0.3 is 5.97 Å². The molecule has 0 N–H and O–H groups in total. The van der Waals surface area contributed by atoms with Crippen molar-refractivity contribution in [3.8, 4) is 11.3 Å². The number of nitrogens with zero attached hydrogens (tertiary/aromatic N) is 3. The van der Waals surface area contributed by atoms with Gasteiger partial charge in [0.15, 0.2) is 0 Å². The molecule has 2 aromatic heterocycles. The Labute approximate surface area is 116 Å². The lowest BCUT2D eigenvalue weighted by Gasteiger charge is -2.00. The normalized spacial score (nSPS) is 10.7. The highest BCUT2D eigenvalue weighted by molar-refractivity contribution is 7.11. The van der Waals surface area contributed by atoms with E-state index in [2.05, 4.69) is 10.1 Å². The number of ether oxygens (including phenoxy) is 1. The molecule has 0 amide bonds. The summed E-state index contributed by atoms with van der Waals surface area (Å²) in [5, 5.41) is 6.73. The number of hydrogen-bond donors (Lipinski definition) is 0. The Morgan fingerprint density at radius 2 is 2.16 bits per heavy atom. The standard InChI is InChI=1S/C13H17N3O2S/c1-5-16-9(4)11(8(3)15-16)10-7-19-12(14-10)13(17)18-6-2/h7H,5-6H2,1-4H3. The Balaban J connectivity index is 2.38. The predicted octanol–water partition coefficient (Wildman–Crippen LogP) is 2.82. The average molecular weight is 279 g/mol. The summed E-state index contributed by atoms with van der Waals surface area (Å²) in [6.45, 7) is 8.99. The van der Waals surface area contributed by atoms with Crippen molar-refractivity contribution in [2.45, 2.75) is 34.2 Å². The smallest absolute Gasteiger partial charge is 0.367 e. The number of carbonyl (C=O) groups is 1. The molecule has 0 aliphatic carbocycles. The van der Waals surface area contributed by atoms with Gasteiger partial charge in [-0.05, 0) is 27.7 Å². The third kappa shape index (κ3) is 2.53. The van der Waals surface area contributed by atoms with E-state index in [9.17, 15) is 4.79 Å². The minimum Gasteiger partial charge on any atom is -0.461 e. The van der Waals surface area contributed by atoms with Gasteiger partial charge in [0.2, 0.25) is 5.01 Å². The number of esters is 1. The van der Waals surface area contributed by atoms with Crippen LogP contribution in [0.3, 0.4) is 0 Å². The van der Waals surface area contributed by atoms with Crippen LogP contribution in [0.4, 0.5) is 0 Å². The minimum absolute atomic E-state index is 0.361. The van der Waals surface area contributed by atoms with E-state index in [0.717, 1.165) is 29.2 Å². The van der Waals surface area contributed by atoms with Gasteiger partial charge in [0.25, 0.3) is 0 Å². The van der Waals surface area contributed by atoms with E-state index in [4.69, 9.17) is 4.74 Å². The Morgan fingerprint density at radius 1 is 1.42 bits per heavy atom. The van der Waals surface area contributed by atoms with Crippen LogP contribution in [-0.2, 0) is 11.3 Å². The number of aromatic nitrogens is 3. The monoisotopic (exact) mass is 279 g/mol. The molecule has 0 aliphatic heterocycles. The lowest BCUT2D eigenvalue weighted by Crippen LogP contribution is -2.03. The van der Waals surface area contributed by atoms with Gasteiger partial charge in [-0.15, -0.1) is 11.3 Å². The molecule has 0 unspecified atom stereocenters. The van der Waals surface area contributed by atoms with Crippen molar-refractivity contribution in [1.29, 1.82) is 0 Å². The van der Waals surface area contributed by atoms with Crippen molar-refractivity contribution in [2.75, 3.05) is 6.61 Å². The highest BCUT2D eigenvalue weighted by atomic mass is 32.1. The second-order valence-electron chi connectivity index (χ2n) is 4.12.